The summed E-state index contributed by atoms with van der Waals surface area (Å²) in [7, 11) is 0. The standard InChI is InChI=1S/C13H18ClN3O2/c1-8(2)16-13(19)15-7-12(18)17-10-5-4-9(3)11(14)6-10/h4-6,8H,7H2,1-3H3,(H,17,18)(H2,15,16,19). The third-order valence-electron chi connectivity index (χ3n) is 2.28. The monoisotopic (exact) mass is 283 g/mol. The Hall–Kier alpha value is -1.75. The molecular formula is C13H18ClN3O2. The highest BCUT2D eigenvalue weighted by Gasteiger charge is 2.07. The van der Waals surface area contributed by atoms with E-state index in [1.807, 2.05) is 26.8 Å². The van der Waals surface area contributed by atoms with Crippen LogP contribution < -0.4 is 16.0 Å². The van der Waals surface area contributed by atoms with Crippen LogP contribution in [0.3, 0.4) is 0 Å². The number of anilines is 1. The highest BCUT2D eigenvalue weighted by molar-refractivity contribution is 6.31. The molecule has 0 heterocycles. The van der Waals surface area contributed by atoms with Gasteiger partial charge in [0.05, 0.1) is 6.54 Å². The number of hydrogen-bond donors (Lipinski definition) is 3. The maximum Gasteiger partial charge on any atom is 0.315 e. The van der Waals surface area contributed by atoms with Crippen LogP contribution in [-0.2, 0) is 4.79 Å². The van der Waals surface area contributed by atoms with E-state index in [-0.39, 0.29) is 24.5 Å². The fourth-order valence-electron chi connectivity index (χ4n) is 1.35. The Kier molecular flexibility index (Phi) is 5.63. The summed E-state index contributed by atoms with van der Waals surface area (Å²) in [5.74, 6) is -0.307. The lowest BCUT2D eigenvalue weighted by Gasteiger charge is -2.10. The van der Waals surface area contributed by atoms with Crippen molar-refractivity contribution in [2.75, 3.05) is 11.9 Å². The van der Waals surface area contributed by atoms with Crippen molar-refractivity contribution < 1.29 is 9.59 Å². The molecule has 0 unspecified atom stereocenters. The van der Waals surface area contributed by atoms with Crippen molar-refractivity contribution >= 4 is 29.2 Å². The number of hydrogen-bond acceptors (Lipinski definition) is 2. The number of urea groups is 1. The maximum atomic E-state index is 11.6. The fraction of sp³-hybridized carbons (Fsp3) is 0.385. The Balaban J connectivity index is 2.43. The zero-order chi connectivity index (χ0) is 14.4. The Morgan fingerprint density at radius 3 is 2.58 bits per heavy atom. The van der Waals surface area contributed by atoms with E-state index in [0.717, 1.165) is 5.56 Å². The lowest BCUT2D eigenvalue weighted by atomic mass is 10.2. The van der Waals surface area contributed by atoms with Gasteiger partial charge in [0.1, 0.15) is 0 Å². The summed E-state index contributed by atoms with van der Waals surface area (Å²) < 4.78 is 0. The smallest absolute Gasteiger partial charge is 0.315 e. The third kappa shape index (κ3) is 5.61. The van der Waals surface area contributed by atoms with Gasteiger partial charge in [-0.05, 0) is 38.5 Å². The first kappa shape index (κ1) is 15.3. The molecule has 0 spiro atoms. The van der Waals surface area contributed by atoms with Crippen molar-refractivity contribution in [3.05, 3.63) is 28.8 Å². The van der Waals surface area contributed by atoms with E-state index in [4.69, 9.17) is 11.6 Å². The topological polar surface area (TPSA) is 70.2 Å². The summed E-state index contributed by atoms with van der Waals surface area (Å²) in [6, 6.07) is 4.90. The van der Waals surface area contributed by atoms with E-state index in [1.165, 1.54) is 0 Å². The number of halogens is 1. The summed E-state index contributed by atoms with van der Waals surface area (Å²) in [5.41, 5.74) is 1.54. The average molecular weight is 284 g/mol. The second-order valence-electron chi connectivity index (χ2n) is 4.49. The minimum Gasteiger partial charge on any atom is -0.336 e. The summed E-state index contributed by atoms with van der Waals surface area (Å²) in [5, 5.41) is 8.33. The lowest BCUT2D eigenvalue weighted by molar-refractivity contribution is -0.115. The Morgan fingerprint density at radius 2 is 2.00 bits per heavy atom. The van der Waals surface area contributed by atoms with Gasteiger partial charge < -0.3 is 16.0 Å². The van der Waals surface area contributed by atoms with Crippen molar-refractivity contribution in [2.45, 2.75) is 26.8 Å². The van der Waals surface area contributed by atoms with Crippen molar-refractivity contribution in [3.63, 3.8) is 0 Å². The van der Waals surface area contributed by atoms with Gasteiger partial charge in [-0.25, -0.2) is 4.79 Å². The third-order valence-corrected chi connectivity index (χ3v) is 2.69. The van der Waals surface area contributed by atoms with Crippen molar-refractivity contribution in [3.8, 4) is 0 Å². The van der Waals surface area contributed by atoms with E-state index in [1.54, 1.807) is 12.1 Å². The predicted octanol–water partition coefficient (Wildman–Crippen LogP) is 2.29. The van der Waals surface area contributed by atoms with Crippen LogP contribution in [0.5, 0.6) is 0 Å². The first-order valence-corrected chi connectivity index (χ1v) is 6.36. The Morgan fingerprint density at radius 1 is 1.32 bits per heavy atom. The number of aryl methyl sites for hydroxylation is 1. The van der Waals surface area contributed by atoms with E-state index in [2.05, 4.69) is 16.0 Å². The molecule has 19 heavy (non-hydrogen) atoms. The number of carbonyl (C=O) groups is 2. The van der Waals surface area contributed by atoms with Crippen LogP contribution in [-0.4, -0.2) is 24.5 Å². The molecule has 3 amide bonds. The number of rotatable bonds is 4. The van der Waals surface area contributed by atoms with Crippen LogP contribution in [0.4, 0.5) is 10.5 Å². The summed E-state index contributed by atoms with van der Waals surface area (Å²) in [6.07, 6.45) is 0. The summed E-state index contributed by atoms with van der Waals surface area (Å²) in [4.78, 5) is 22.9. The van der Waals surface area contributed by atoms with Gasteiger partial charge >= 0.3 is 6.03 Å². The van der Waals surface area contributed by atoms with Crippen LogP contribution in [0.2, 0.25) is 5.02 Å². The quantitative estimate of drug-likeness (QED) is 0.793. The molecule has 1 aromatic rings. The molecule has 0 bridgehead atoms. The molecule has 6 heteroatoms. The molecule has 0 saturated carbocycles. The summed E-state index contributed by atoms with van der Waals surface area (Å²) >= 11 is 5.95. The van der Waals surface area contributed by atoms with Gasteiger partial charge in [0, 0.05) is 16.8 Å². The van der Waals surface area contributed by atoms with Crippen molar-refractivity contribution in [1.29, 1.82) is 0 Å². The molecule has 104 valence electrons. The zero-order valence-corrected chi connectivity index (χ0v) is 12.0. The van der Waals surface area contributed by atoms with Crippen molar-refractivity contribution in [1.82, 2.24) is 10.6 Å². The van der Waals surface area contributed by atoms with Gasteiger partial charge in [-0.3, -0.25) is 4.79 Å². The van der Waals surface area contributed by atoms with Crippen LogP contribution in [0.1, 0.15) is 19.4 Å². The van der Waals surface area contributed by atoms with E-state index in [9.17, 15) is 9.59 Å². The molecule has 3 N–H and O–H groups in total. The SMILES string of the molecule is Cc1ccc(NC(=O)CNC(=O)NC(C)C)cc1Cl. The second kappa shape index (κ2) is 6.99. The van der Waals surface area contributed by atoms with Crippen LogP contribution in [0, 0.1) is 6.92 Å². The minimum atomic E-state index is -0.368. The molecule has 0 aromatic heterocycles. The zero-order valence-electron chi connectivity index (χ0n) is 11.2. The van der Waals surface area contributed by atoms with Crippen LogP contribution >= 0.6 is 11.6 Å². The molecule has 0 saturated heterocycles. The molecule has 0 aliphatic carbocycles. The number of benzene rings is 1. The fourth-order valence-corrected chi connectivity index (χ4v) is 1.53. The Bertz CT molecular complexity index is 475. The lowest BCUT2D eigenvalue weighted by Crippen LogP contribution is -2.42. The molecule has 5 nitrogen and oxygen atoms in total. The first-order valence-electron chi connectivity index (χ1n) is 5.99. The Labute approximate surface area is 117 Å². The van der Waals surface area contributed by atoms with Gasteiger partial charge in [0.25, 0.3) is 0 Å². The predicted molar refractivity (Wildman–Crippen MR) is 76.5 cm³/mol. The number of amides is 3. The molecule has 0 aliphatic heterocycles. The van der Waals surface area contributed by atoms with E-state index < -0.39 is 0 Å². The molecular weight excluding hydrogens is 266 g/mol. The number of nitrogens with one attached hydrogen (secondary N) is 3. The molecule has 0 aliphatic rings. The normalized spacial score (nSPS) is 10.2. The molecule has 0 radical (unpaired) electrons. The molecule has 0 atom stereocenters. The van der Waals surface area contributed by atoms with E-state index >= 15 is 0 Å². The highest BCUT2D eigenvalue weighted by atomic mass is 35.5. The maximum absolute atomic E-state index is 11.6. The number of carbonyl (C=O) groups excluding carboxylic acids is 2. The second-order valence-corrected chi connectivity index (χ2v) is 4.90. The van der Waals surface area contributed by atoms with Gasteiger partial charge in [-0.1, -0.05) is 17.7 Å². The summed E-state index contributed by atoms with van der Waals surface area (Å²) in [6.45, 7) is 5.47. The van der Waals surface area contributed by atoms with Crippen LogP contribution in [0.15, 0.2) is 18.2 Å². The molecule has 1 aromatic carbocycles. The van der Waals surface area contributed by atoms with Crippen molar-refractivity contribution in [2.24, 2.45) is 0 Å². The average Bonchev–Trinajstić information content (AvgIpc) is 2.30. The van der Waals surface area contributed by atoms with Gasteiger partial charge in [0.15, 0.2) is 0 Å². The first-order chi connectivity index (χ1) is 8.88. The van der Waals surface area contributed by atoms with Crippen LogP contribution in [0.25, 0.3) is 0 Å². The van der Waals surface area contributed by atoms with E-state index in [0.29, 0.717) is 10.7 Å². The molecule has 1 rings (SSSR count). The van der Waals surface area contributed by atoms with Gasteiger partial charge in [0.2, 0.25) is 5.91 Å². The molecule has 0 fully saturated rings. The largest absolute Gasteiger partial charge is 0.336 e. The van der Waals surface area contributed by atoms with Gasteiger partial charge in [-0.15, -0.1) is 0 Å². The highest BCUT2D eigenvalue weighted by Crippen LogP contribution is 2.19. The van der Waals surface area contributed by atoms with Gasteiger partial charge in [-0.2, -0.15) is 0 Å². The minimum absolute atomic E-state index is 0.0268.